The maximum absolute atomic E-state index is 13.8. The van der Waals surface area contributed by atoms with Gasteiger partial charge in [0, 0.05) is 31.5 Å². The smallest absolute Gasteiger partial charge is 0.255 e. The second-order valence-electron chi connectivity index (χ2n) is 6.67. The van der Waals surface area contributed by atoms with Gasteiger partial charge in [-0.1, -0.05) is 30.3 Å². The van der Waals surface area contributed by atoms with E-state index in [1.54, 1.807) is 47.0 Å². The minimum absolute atomic E-state index is 0.120. The van der Waals surface area contributed by atoms with Gasteiger partial charge in [-0.2, -0.15) is 0 Å². The number of nitrogens with zero attached hydrogens (tertiary/aromatic N) is 2. The fourth-order valence-corrected chi connectivity index (χ4v) is 4.29. The van der Waals surface area contributed by atoms with E-state index in [2.05, 4.69) is 5.32 Å². The lowest BCUT2D eigenvalue weighted by Crippen LogP contribution is -2.47. The Kier molecular flexibility index (Phi) is 6.92. The average Bonchev–Trinajstić information content (AvgIpc) is 3.21. The molecule has 1 N–H and O–H groups in total. The highest BCUT2D eigenvalue weighted by Gasteiger charge is 2.34. The lowest BCUT2D eigenvalue weighted by molar-refractivity contribution is -0.124. The van der Waals surface area contributed by atoms with Crippen LogP contribution < -0.4 is 10.2 Å². The summed E-state index contributed by atoms with van der Waals surface area (Å²) in [5, 5.41) is 2.92. The molecule has 0 radical (unpaired) electrons. The van der Waals surface area contributed by atoms with Gasteiger partial charge in [0.2, 0.25) is 5.91 Å². The highest BCUT2D eigenvalue weighted by molar-refractivity contribution is 7.99. The molecule has 1 aliphatic rings. The molecule has 1 atom stereocenters. The Hall–Kier alpha value is -2.54. The molecular formula is C21H24FN3O2S. The molecule has 0 bridgehead atoms. The van der Waals surface area contributed by atoms with E-state index in [1.165, 1.54) is 6.07 Å². The van der Waals surface area contributed by atoms with Crippen molar-refractivity contribution in [3.63, 3.8) is 0 Å². The van der Waals surface area contributed by atoms with Gasteiger partial charge in [-0.25, -0.2) is 4.39 Å². The molecule has 5 nitrogen and oxygen atoms in total. The number of amides is 2. The summed E-state index contributed by atoms with van der Waals surface area (Å²) in [6, 6.07) is 15.2. The molecule has 0 spiro atoms. The first-order chi connectivity index (χ1) is 13.6. The maximum Gasteiger partial charge on any atom is 0.255 e. The Bertz CT molecular complexity index is 818. The number of hydrogen-bond donors (Lipinski definition) is 1. The minimum atomic E-state index is -0.456. The molecule has 1 fully saturated rings. The zero-order valence-electron chi connectivity index (χ0n) is 15.8. The Morgan fingerprint density at radius 1 is 1.18 bits per heavy atom. The van der Waals surface area contributed by atoms with Gasteiger partial charge in [-0.15, -0.1) is 11.8 Å². The molecule has 3 rings (SSSR count). The molecule has 0 aliphatic carbocycles. The van der Waals surface area contributed by atoms with Crippen LogP contribution in [-0.4, -0.2) is 54.5 Å². The van der Waals surface area contributed by atoms with Crippen molar-refractivity contribution in [2.24, 2.45) is 0 Å². The van der Waals surface area contributed by atoms with Crippen LogP contribution >= 0.6 is 11.8 Å². The van der Waals surface area contributed by atoms with Gasteiger partial charge in [-0.3, -0.25) is 9.59 Å². The van der Waals surface area contributed by atoms with E-state index in [9.17, 15) is 14.0 Å². The van der Waals surface area contributed by atoms with Gasteiger partial charge in [0.05, 0.1) is 11.6 Å². The van der Waals surface area contributed by atoms with E-state index >= 15 is 0 Å². The third kappa shape index (κ3) is 4.84. The van der Waals surface area contributed by atoms with Crippen LogP contribution in [0.2, 0.25) is 0 Å². The Balaban J connectivity index is 1.48. The molecule has 2 amide bonds. The highest BCUT2D eigenvalue weighted by Crippen LogP contribution is 2.23. The number of carbonyl (C=O) groups is 2. The second-order valence-corrected chi connectivity index (χ2v) is 7.67. The predicted molar refractivity (Wildman–Crippen MR) is 111 cm³/mol. The normalized spacial score (nSPS) is 16.1. The lowest BCUT2D eigenvalue weighted by atomic mass is 10.1. The van der Waals surface area contributed by atoms with Crippen LogP contribution in [0.15, 0.2) is 54.6 Å². The fourth-order valence-electron chi connectivity index (χ4n) is 3.13. The molecule has 0 saturated carbocycles. The first-order valence-electron chi connectivity index (χ1n) is 9.25. The van der Waals surface area contributed by atoms with Crippen molar-refractivity contribution >= 4 is 29.3 Å². The molecular weight excluding hydrogens is 377 g/mol. The van der Waals surface area contributed by atoms with Crippen molar-refractivity contribution in [3.05, 3.63) is 66.0 Å². The number of anilines is 1. The molecule has 2 aromatic carbocycles. The summed E-state index contributed by atoms with van der Waals surface area (Å²) in [5.74, 6) is 0.599. The third-order valence-corrected chi connectivity index (χ3v) is 5.71. The number of rotatable bonds is 7. The number of nitrogens with one attached hydrogen (secondary N) is 1. The molecule has 7 heteroatoms. The summed E-state index contributed by atoms with van der Waals surface area (Å²) in [5.41, 5.74) is 1.13. The van der Waals surface area contributed by atoms with Crippen LogP contribution in [0.4, 0.5) is 10.1 Å². The van der Waals surface area contributed by atoms with Crippen molar-refractivity contribution in [3.8, 4) is 0 Å². The Morgan fingerprint density at radius 2 is 1.89 bits per heavy atom. The quantitative estimate of drug-likeness (QED) is 0.725. The third-order valence-electron chi connectivity index (χ3n) is 4.70. The summed E-state index contributed by atoms with van der Waals surface area (Å²) in [6.45, 7) is 1.10. The standard InChI is InChI=1S/C21H24FN3O2S/c1-24(18-11-6-5-10-17(18)22)13-7-12-23-20(26)19-14-28-15-25(19)21(27)16-8-3-2-4-9-16/h2-6,8-11,19H,7,12-15H2,1H3,(H,23,26). The maximum atomic E-state index is 13.8. The first-order valence-corrected chi connectivity index (χ1v) is 10.4. The second kappa shape index (κ2) is 9.59. The van der Waals surface area contributed by atoms with Gasteiger partial charge in [0.15, 0.2) is 0 Å². The summed E-state index contributed by atoms with van der Waals surface area (Å²) >= 11 is 1.58. The number of para-hydroxylation sites is 1. The lowest BCUT2D eigenvalue weighted by Gasteiger charge is -2.24. The Labute approximate surface area is 168 Å². The van der Waals surface area contributed by atoms with Gasteiger partial charge >= 0.3 is 0 Å². The number of carbonyl (C=O) groups excluding carboxylic acids is 2. The summed E-state index contributed by atoms with van der Waals surface area (Å²) in [6.07, 6.45) is 0.684. The van der Waals surface area contributed by atoms with Crippen LogP contribution in [-0.2, 0) is 4.79 Å². The summed E-state index contributed by atoms with van der Waals surface area (Å²) < 4.78 is 13.8. The number of benzene rings is 2. The van der Waals surface area contributed by atoms with Crippen LogP contribution in [0, 0.1) is 5.82 Å². The van der Waals surface area contributed by atoms with Crippen LogP contribution in [0.25, 0.3) is 0 Å². The van der Waals surface area contributed by atoms with E-state index in [1.807, 2.05) is 30.1 Å². The van der Waals surface area contributed by atoms with E-state index in [0.29, 0.717) is 42.4 Å². The predicted octanol–water partition coefficient (Wildman–Crippen LogP) is 2.98. The number of hydrogen-bond acceptors (Lipinski definition) is 4. The van der Waals surface area contributed by atoms with Crippen molar-refractivity contribution < 1.29 is 14.0 Å². The summed E-state index contributed by atoms with van der Waals surface area (Å²) in [7, 11) is 1.83. The molecule has 1 saturated heterocycles. The van der Waals surface area contributed by atoms with E-state index in [4.69, 9.17) is 0 Å². The number of thioether (sulfide) groups is 1. The molecule has 28 heavy (non-hydrogen) atoms. The van der Waals surface area contributed by atoms with Crippen molar-refractivity contribution in [1.82, 2.24) is 10.2 Å². The van der Waals surface area contributed by atoms with Crippen LogP contribution in [0.3, 0.4) is 0 Å². The van der Waals surface area contributed by atoms with Crippen molar-refractivity contribution in [2.75, 3.05) is 36.7 Å². The average molecular weight is 402 g/mol. The largest absolute Gasteiger partial charge is 0.372 e. The SMILES string of the molecule is CN(CCCNC(=O)C1CSCN1C(=O)c1ccccc1)c1ccccc1F. The van der Waals surface area contributed by atoms with Crippen LogP contribution in [0.5, 0.6) is 0 Å². The van der Waals surface area contributed by atoms with Gasteiger partial charge < -0.3 is 15.1 Å². The van der Waals surface area contributed by atoms with Crippen molar-refractivity contribution in [2.45, 2.75) is 12.5 Å². The zero-order valence-corrected chi connectivity index (χ0v) is 16.6. The van der Waals surface area contributed by atoms with E-state index in [-0.39, 0.29) is 17.6 Å². The van der Waals surface area contributed by atoms with E-state index in [0.717, 1.165) is 0 Å². The van der Waals surface area contributed by atoms with Gasteiger partial charge in [0.1, 0.15) is 11.9 Å². The Morgan fingerprint density at radius 3 is 2.64 bits per heavy atom. The van der Waals surface area contributed by atoms with Crippen molar-refractivity contribution in [1.29, 1.82) is 0 Å². The van der Waals surface area contributed by atoms with Crippen LogP contribution in [0.1, 0.15) is 16.8 Å². The van der Waals surface area contributed by atoms with Gasteiger partial charge in [0.25, 0.3) is 5.91 Å². The molecule has 2 aromatic rings. The monoisotopic (exact) mass is 401 g/mol. The topological polar surface area (TPSA) is 52.7 Å². The molecule has 0 aromatic heterocycles. The molecule has 148 valence electrons. The number of halogens is 1. The minimum Gasteiger partial charge on any atom is -0.372 e. The molecule has 1 unspecified atom stereocenters. The fraction of sp³-hybridized carbons (Fsp3) is 0.333. The highest BCUT2D eigenvalue weighted by atomic mass is 32.2. The first kappa shape index (κ1) is 20.2. The summed E-state index contributed by atoms with van der Waals surface area (Å²) in [4.78, 5) is 28.7. The zero-order chi connectivity index (χ0) is 19.9. The molecule has 1 aliphatic heterocycles. The van der Waals surface area contributed by atoms with Gasteiger partial charge in [-0.05, 0) is 30.7 Å². The van der Waals surface area contributed by atoms with E-state index < -0.39 is 6.04 Å². The molecule has 1 heterocycles.